The number of rotatable bonds is 32. The first-order chi connectivity index (χ1) is 21.0. The van der Waals surface area contributed by atoms with E-state index in [2.05, 4.69) is 13.8 Å². The number of phosphoric ester groups is 1. The van der Waals surface area contributed by atoms with Gasteiger partial charge in [0.05, 0.1) is 27.7 Å². The van der Waals surface area contributed by atoms with Gasteiger partial charge in [0, 0.05) is 12.8 Å². The molecule has 0 aliphatic carbocycles. The van der Waals surface area contributed by atoms with Crippen LogP contribution < -0.4 is 0 Å². The van der Waals surface area contributed by atoms with Gasteiger partial charge in [-0.05, 0) is 12.8 Å². The fraction of sp³-hybridized carbons (Fsp3) is 0.941. The second-order valence-electron chi connectivity index (χ2n) is 13.3. The summed E-state index contributed by atoms with van der Waals surface area (Å²) in [5.41, 5.74) is 0. The van der Waals surface area contributed by atoms with E-state index in [1.807, 2.05) is 21.1 Å². The lowest BCUT2D eigenvalue weighted by atomic mass is 10.0. The number of likely N-dealkylation sites (N-methyl/N-ethyl adjacent to an activating group) is 1. The molecule has 0 heterocycles. The Labute approximate surface area is 270 Å². The molecule has 0 fully saturated rings. The maximum Gasteiger partial charge on any atom is 0.472 e. The van der Waals surface area contributed by atoms with E-state index in [0.29, 0.717) is 23.9 Å². The first kappa shape index (κ1) is 43.0. The van der Waals surface area contributed by atoms with Crippen LogP contribution in [0.5, 0.6) is 0 Å². The van der Waals surface area contributed by atoms with Crippen molar-refractivity contribution in [2.45, 2.75) is 161 Å². The molecule has 2 atom stereocenters. The Kier molecular flexibility index (Phi) is 27.6. The normalized spacial score (nSPS) is 13.9. The highest BCUT2D eigenvalue weighted by Crippen LogP contribution is 2.43. The van der Waals surface area contributed by atoms with E-state index >= 15 is 0 Å². The van der Waals surface area contributed by atoms with Gasteiger partial charge < -0.3 is 18.9 Å². The van der Waals surface area contributed by atoms with E-state index in [4.69, 9.17) is 18.5 Å². The molecule has 0 aliphatic heterocycles. The van der Waals surface area contributed by atoms with Crippen molar-refractivity contribution in [3.8, 4) is 0 Å². The SMILES string of the molecule is CCCCCCCCCCCCCCCC(=O)OC(COC(=O)CCCCCCCCC)COP(=O)(O)OCC[N+](C)(C)C. The van der Waals surface area contributed by atoms with Crippen LogP contribution in [0.25, 0.3) is 0 Å². The number of nitrogens with zero attached hydrogens (tertiary/aromatic N) is 1. The largest absolute Gasteiger partial charge is 0.472 e. The van der Waals surface area contributed by atoms with Gasteiger partial charge in [0.25, 0.3) is 0 Å². The highest BCUT2D eigenvalue weighted by Gasteiger charge is 2.27. The molecule has 9 nitrogen and oxygen atoms in total. The maximum atomic E-state index is 12.5. The molecule has 10 heteroatoms. The van der Waals surface area contributed by atoms with Crippen molar-refractivity contribution in [3.63, 3.8) is 0 Å². The molecule has 262 valence electrons. The number of carbonyl (C=O) groups is 2. The lowest BCUT2D eigenvalue weighted by molar-refractivity contribution is -0.870. The minimum Gasteiger partial charge on any atom is -0.462 e. The Hall–Kier alpha value is -0.990. The molecule has 0 bridgehead atoms. The molecule has 0 spiro atoms. The van der Waals surface area contributed by atoms with Gasteiger partial charge in [-0.15, -0.1) is 0 Å². The standard InChI is InChI=1S/C34H68NO8P/c1-6-8-10-12-14-15-16-17-18-19-21-23-25-27-34(37)43-32(31-42-44(38,39)41-29-28-35(3,4)5)30-40-33(36)26-24-22-20-13-11-9-7-2/h32H,6-31H2,1-5H3/p+1. The maximum absolute atomic E-state index is 12.5. The van der Waals surface area contributed by atoms with Gasteiger partial charge >= 0.3 is 19.8 Å². The van der Waals surface area contributed by atoms with Crippen LogP contribution >= 0.6 is 7.82 Å². The predicted octanol–water partition coefficient (Wildman–Crippen LogP) is 8.90. The number of quaternary nitrogens is 1. The lowest BCUT2D eigenvalue weighted by Crippen LogP contribution is -2.37. The molecular formula is C34H69NO8P+. The molecular weight excluding hydrogens is 581 g/mol. The van der Waals surface area contributed by atoms with Crippen LogP contribution in [0.1, 0.15) is 155 Å². The first-order valence-corrected chi connectivity index (χ1v) is 19.3. The molecule has 2 unspecified atom stereocenters. The number of hydrogen-bond acceptors (Lipinski definition) is 7. The van der Waals surface area contributed by atoms with Crippen LogP contribution in [-0.2, 0) is 32.7 Å². The number of esters is 2. The summed E-state index contributed by atoms with van der Waals surface area (Å²) in [6.07, 6.45) is 23.0. The monoisotopic (exact) mass is 650 g/mol. The summed E-state index contributed by atoms with van der Waals surface area (Å²) in [5, 5.41) is 0. The van der Waals surface area contributed by atoms with Crippen LogP contribution in [0.15, 0.2) is 0 Å². The van der Waals surface area contributed by atoms with E-state index in [0.717, 1.165) is 32.1 Å². The van der Waals surface area contributed by atoms with Gasteiger partial charge in [-0.2, -0.15) is 0 Å². The Balaban J connectivity index is 4.42. The van der Waals surface area contributed by atoms with Crippen molar-refractivity contribution < 1.29 is 42.1 Å². The minimum absolute atomic E-state index is 0.0359. The minimum atomic E-state index is -4.35. The third-order valence-electron chi connectivity index (χ3n) is 7.64. The Morgan fingerprint density at radius 1 is 0.614 bits per heavy atom. The van der Waals surface area contributed by atoms with E-state index < -0.39 is 26.5 Å². The van der Waals surface area contributed by atoms with Gasteiger partial charge in [0.2, 0.25) is 0 Å². The van der Waals surface area contributed by atoms with Crippen molar-refractivity contribution in [3.05, 3.63) is 0 Å². The van der Waals surface area contributed by atoms with Crippen molar-refractivity contribution in [2.24, 2.45) is 0 Å². The van der Waals surface area contributed by atoms with Crippen molar-refractivity contribution >= 4 is 19.8 Å². The average Bonchev–Trinajstić information content (AvgIpc) is 2.95. The molecule has 0 saturated heterocycles. The highest BCUT2D eigenvalue weighted by molar-refractivity contribution is 7.47. The van der Waals surface area contributed by atoms with Crippen LogP contribution in [0.3, 0.4) is 0 Å². The summed E-state index contributed by atoms with van der Waals surface area (Å²) in [5.74, 6) is -0.800. The van der Waals surface area contributed by atoms with Gasteiger partial charge in [-0.3, -0.25) is 18.6 Å². The Morgan fingerprint density at radius 3 is 1.45 bits per heavy atom. The molecule has 44 heavy (non-hydrogen) atoms. The number of hydrogen-bond donors (Lipinski definition) is 1. The van der Waals surface area contributed by atoms with E-state index in [-0.39, 0.29) is 25.6 Å². The number of carbonyl (C=O) groups excluding carboxylic acids is 2. The number of phosphoric acid groups is 1. The summed E-state index contributed by atoms with van der Waals surface area (Å²) in [7, 11) is 1.48. The molecule has 0 saturated carbocycles. The second-order valence-corrected chi connectivity index (χ2v) is 14.7. The average molecular weight is 651 g/mol. The summed E-state index contributed by atoms with van der Waals surface area (Å²) in [6, 6.07) is 0. The van der Waals surface area contributed by atoms with E-state index in [1.54, 1.807) is 0 Å². The van der Waals surface area contributed by atoms with Crippen molar-refractivity contribution in [1.82, 2.24) is 0 Å². The van der Waals surface area contributed by atoms with Crippen LogP contribution in [0, 0.1) is 0 Å². The second kappa shape index (κ2) is 28.3. The summed E-state index contributed by atoms with van der Waals surface area (Å²) >= 11 is 0. The van der Waals surface area contributed by atoms with Crippen LogP contribution in [-0.4, -0.2) is 74.9 Å². The van der Waals surface area contributed by atoms with E-state index in [1.165, 1.54) is 89.9 Å². The van der Waals surface area contributed by atoms with E-state index in [9.17, 15) is 19.0 Å². The quantitative estimate of drug-likeness (QED) is 0.0333. The Bertz CT molecular complexity index is 743. The Morgan fingerprint density at radius 2 is 1.02 bits per heavy atom. The van der Waals surface area contributed by atoms with Crippen LogP contribution in [0.4, 0.5) is 0 Å². The fourth-order valence-corrected chi connectivity index (χ4v) is 5.52. The molecule has 0 amide bonds. The molecule has 0 aromatic heterocycles. The number of ether oxygens (including phenoxy) is 2. The predicted molar refractivity (Wildman–Crippen MR) is 178 cm³/mol. The first-order valence-electron chi connectivity index (χ1n) is 17.8. The lowest BCUT2D eigenvalue weighted by Gasteiger charge is -2.24. The molecule has 0 aromatic rings. The zero-order chi connectivity index (χ0) is 32.9. The third kappa shape index (κ3) is 31.0. The summed E-state index contributed by atoms with van der Waals surface area (Å²) < 4.78 is 34.0. The topological polar surface area (TPSA) is 108 Å². The zero-order valence-electron chi connectivity index (χ0n) is 29.2. The molecule has 0 aliphatic rings. The molecule has 1 N–H and O–H groups in total. The van der Waals surface area contributed by atoms with Gasteiger partial charge in [0.1, 0.15) is 19.8 Å². The summed E-state index contributed by atoms with van der Waals surface area (Å²) in [4.78, 5) is 34.9. The van der Waals surface area contributed by atoms with Crippen LogP contribution in [0.2, 0.25) is 0 Å². The third-order valence-corrected chi connectivity index (χ3v) is 8.62. The van der Waals surface area contributed by atoms with Gasteiger partial charge in [-0.25, -0.2) is 4.57 Å². The van der Waals surface area contributed by atoms with Crippen molar-refractivity contribution in [1.29, 1.82) is 0 Å². The molecule has 0 rings (SSSR count). The van der Waals surface area contributed by atoms with Gasteiger partial charge in [-0.1, -0.05) is 129 Å². The molecule has 0 radical (unpaired) electrons. The zero-order valence-corrected chi connectivity index (χ0v) is 30.1. The summed E-state index contributed by atoms with van der Waals surface area (Å²) in [6.45, 7) is 4.36. The smallest absolute Gasteiger partial charge is 0.462 e. The highest BCUT2D eigenvalue weighted by atomic mass is 31.2. The molecule has 0 aromatic carbocycles. The van der Waals surface area contributed by atoms with Crippen molar-refractivity contribution in [2.75, 3.05) is 47.5 Å². The fourth-order valence-electron chi connectivity index (χ4n) is 4.78. The number of unbranched alkanes of at least 4 members (excludes halogenated alkanes) is 18. The van der Waals surface area contributed by atoms with Gasteiger partial charge in [0.15, 0.2) is 6.10 Å².